The summed E-state index contributed by atoms with van der Waals surface area (Å²) < 4.78 is 0.774. The van der Waals surface area contributed by atoms with Gasteiger partial charge in [0, 0.05) is 16.7 Å². The van der Waals surface area contributed by atoms with E-state index in [1.54, 1.807) is 6.07 Å². The molecule has 0 bridgehead atoms. The van der Waals surface area contributed by atoms with Crippen LogP contribution in [-0.2, 0) is 6.54 Å². The molecule has 0 saturated carbocycles. The molecule has 26 heavy (non-hydrogen) atoms. The number of rotatable bonds is 5. The summed E-state index contributed by atoms with van der Waals surface area (Å²) in [5.41, 5.74) is -1.74. The first-order valence-corrected chi connectivity index (χ1v) is 7.52. The largest absolute Gasteiger partial charge is 0.493 e. The van der Waals surface area contributed by atoms with Crippen LogP contribution >= 0.6 is 11.6 Å². The summed E-state index contributed by atoms with van der Waals surface area (Å²) >= 11 is 5.73. The molecule has 0 aliphatic carbocycles. The van der Waals surface area contributed by atoms with Gasteiger partial charge in [-0.2, -0.15) is 5.26 Å². The highest BCUT2D eigenvalue weighted by Gasteiger charge is 2.20. The minimum atomic E-state index is -0.784. The van der Waals surface area contributed by atoms with Gasteiger partial charge in [-0.3, -0.25) is 19.5 Å². The second-order valence-electron chi connectivity index (χ2n) is 5.05. The van der Waals surface area contributed by atoms with Crippen molar-refractivity contribution in [2.24, 2.45) is 10.2 Å². The summed E-state index contributed by atoms with van der Waals surface area (Å²) in [5.74, 6) is -0.610. The Morgan fingerprint density at radius 1 is 1.42 bits per heavy atom. The van der Waals surface area contributed by atoms with Crippen molar-refractivity contribution in [3.8, 4) is 11.9 Å². The maximum Gasteiger partial charge on any atom is 0.298 e. The van der Waals surface area contributed by atoms with E-state index in [1.807, 2.05) is 0 Å². The number of nitro groups is 1. The first kappa shape index (κ1) is 19.0. The lowest BCUT2D eigenvalue weighted by atomic mass is 10.1. The predicted octanol–water partition coefficient (Wildman–Crippen LogP) is 2.70. The molecule has 0 radical (unpaired) electrons. The standard InChI is InChI=1S/C15H12ClN5O5/c1-8-10(7-17)14(23)20(4-5-22)15(24)13(8)19-18-11-3-2-9(16)6-12(11)21(25)26/h2-3,6,22,24H,4-5H2,1H3. The number of nitriles is 1. The number of aliphatic hydroxyl groups is 1. The number of aliphatic hydroxyl groups excluding tert-OH is 1. The molecule has 2 N–H and O–H groups in total. The molecule has 2 aromatic rings. The van der Waals surface area contributed by atoms with Crippen LogP contribution in [0, 0.1) is 28.4 Å². The highest BCUT2D eigenvalue weighted by Crippen LogP contribution is 2.35. The number of nitrogens with zero attached hydrogens (tertiary/aromatic N) is 5. The van der Waals surface area contributed by atoms with E-state index < -0.39 is 28.7 Å². The van der Waals surface area contributed by atoms with Gasteiger partial charge in [-0.05, 0) is 19.1 Å². The quantitative estimate of drug-likeness (QED) is 0.463. The number of aromatic hydroxyl groups is 1. The number of halogens is 1. The third kappa shape index (κ3) is 3.53. The highest BCUT2D eigenvalue weighted by atomic mass is 35.5. The fourth-order valence-corrected chi connectivity index (χ4v) is 2.36. The Morgan fingerprint density at radius 2 is 2.12 bits per heavy atom. The molecule has 0 aliphatic heterocycles. The summed E-state index contributed by atoms with van der Waals surface area (Å²) in [6.07, 6.45) is 0. The van der Waals surface area contributed by atoms with E-state index in [2.05, 4.69) is 10.2 Å². The third-order valence-corrected chi connectivity index (χ3v) is 3.72. The Balaban J connectivity index is 2.66. The maximum atomic E-state index is 12.1. The molecule has 0 atom stereocenters. The van der Waals surface area contributed by atoms with Crippen molar-refractivity contribution < 1.29 is 15.1 Å². The Kier molecular flexibility index (Phi) is 5.66. The van der Waals surface area contributed by atoms with Crippen molar-refractivity contribution >= 4 is 28.7 Å². The third-order valence-electron chi connectivity index (χ3n) is 3.48. The van der Waals surface area contributed by atoms with Crippen molar-refractivity contribution in [3.05, 3.63) is 54.8 Å². The topological polar surface area (TPSA) is 154 Å². The molecule has 1 aromatic carbocycles. The van der Waals surface area contributed by atoms with Gasteiger partial charge in [0.1, 0.15) is 11.6 Å². The molecule has 0 saturated heterocycles. The zero-order valence-electron chi connectivity index (χ0n) is 13.4. The van der Waals surface area contributed by atoms with Crippen molar-refractivity contribution in [3.63, 3.8) is 0 Å². The van der Waals surface area contributed by atoms with Gasteiger partial charge in [-0.25, -0.2) is 0 Å². The Labute approximate surface area is 151 Å². The molecule has 2 rings (SSSR count). The van der Waals surface area contributed by atoms with E-state index in [0.717, 1.165) is 10.6 Å². The molecule has 0 fully saturated rings. The SMILES string of the molecule is Cc1c(N=Nc2ccc(Cl)cc2[N+](=O)[O-])c(O)n(CCO)c(=O)c1C#N. The average Bonchev–Trinajstić information content (AvgIpc) is 2.59. The van der Waals surface area contributed by atoms with Crippen LogP contribution in [0.3, 0.4) is 0 Å². The second kappa shape index (κ2) is 7.73. The van der Waals surface area contributed by atoms with Crippen molar-refractivity contribution in [1.82, 2.24) is 4.57 Å². The molecular weight excluding hydrogens is 366 g/mol. The second-order valence-corrected chi connectivity index (χ2v) is 5.49. The molecule has 134 valence electrons. The molecule has 10 nitrogen and oxygen atoms in total. The molecule has 0 spiro atoms. The van der Waals surface area contributed by atoms with E-state index in [-0.39, 0.29) is 34.1 Å². The summed E-state index contributed by atoms with van der Waals surface area (Å²) in [6, 6.07) is 5.45. The first-order valence-electron chi connectivity index (χ1n) is 7.14. The Morgan fingerprint density at radius 3 is 2.69 bits per heavy atom. The van der Waals surface area contributed by atoms with Gasteiger partial charge in [-0.1, -0.05) is 11.6 Å². The molecule has 1 heterocycles. The molecular formula is C15H12ClN5O5. The van der Waals surface area contributed by atoms with Crippen molar-refractivity contribution in [2.75, 3.05) is 6.61 Å². The fourth-order valence-electron chi connectivity index (χ4n) is 2.20. The number of nitro benzene ring substituents is 1. The minimum Gasteiger partial charge on any atom is -0.493 e. The smallest absolute Gasteiger partial charge is 0.298 e. The summed E-state index contributed by atoms with van der Waals surface area (Å²) in [6.45, 7) is 0.664. The zero-order chi connectivity index (χ0) is 19.4. The van der Waals surface area contributed by atoms with Crippen LogP contribution in [0.1, 0.15) is 11.1 Å². The maximum absolute atomic E-state index is 12.1. The molecule has 0 amide bonds. The van der Waals surface area contributed by atoms with Gasteiger partial charge in [0.2, 0.25) is 5.88 Å². The number of hydrogen-bond donors (Lipinski definition) is 2. The van der Waals surface area contributed by atoms with E-state index in [1.165, 1.54) is 19.1 Å². The van der Waals surface area contributed by atoms with Gasteiger partial charge in [0.25, 0.3) is 11.2 Å². The van der Waals surface area contributed by atoms with Gasteiger partial charge >= 0.3 is 0 Å². The lowest BCUT2D eigenvalue weighted by Crippen LogP contribution is -2.25. The van der Waals surface area contributed by atoms with Gasteiger partial charge < -0.3 is 10.2 Å². The number of azo groups is 1. The Bertz CT molecular complexity index is 1010. The Hall–Kier alpha value is -3.29. The van der Waals surface area contributed by atoms with Gasteiger partial charge in [0.05, 0.1) is 18.1 Å². The fraction of sp³-hybridized carbons (Fsp3) is 0.200. The highest BCUT2D eigenvalue weighted by molar-refractivity contribution is 6.30. The molecule has 0 unspecified atom stereocenters. The van der Waals surface area contributed by atoms with E-state index in [0.29, 0.717) is 0 Å². The van der Waals surface area contributed by atoms with Crippen LogP contribution in [0.25, 0.3) is 0 Å². The van der Waals surface area contributed by atoms with Crippen LogP contribution in [-0.4, -0.2) is 26.3 Å². The van der Waals surface area contributed by atoms with Gasteiger partial charge in [-0.15, -0.1) is 10.2 Å². The van der Waals surface area contributed by atoms with E-state index >= 15 is 0 Å². The number of benzene rings is 1. The average molecular weight is 378 g/mol. The molecule has 0 aliphatic rings. The van der Waals surface area contributed by atoms with E-state index in [9.17, 15) is 20.0 Å². The lowest BCUT2D eigenvalue weighted by molar-refractivity contribution is -0.384. The zero-order valence-corrected chi connectivity index (χ0v) is 14.1. The van der Waals surface area contributed by atoms with Gasteiger partial charge in [0.15, 0.2) is 11.4 Å². The van der Waals surface area contributed by atoms with Crippen LogP contribution < -0.4 is 5.56 Å². The lowest BCUT2D eigenvalue weighted by Gasteiger charge is -2.11. The van der Waals surface area contributed by atoms with E-state index in [4.69, 9.17) is 22.0 Å². The van der Waals surface area contributed by atoms with Crippen LogP contribution in [0.15, 0.2) is 33.2 Å². The predicted molar refractivity (Wildman–Crippen MR) is 91.2 cm³/mol. The normalized spacial score (nSPS) is 10.8. The van der Waals surface area contributed by atoms with Crippen molar-refractivity contribution in [1.29, 1.82) is 5.26 Å². The first-order chi connectivity index (χ1) is 12.3. The number of aromatic nitrogens is 1. The summed E-state index contributed by atoms with van der Waals surface area (Å²) in [4.78, 5) is 22.5. The summed E-state index contributed by atoms with van der Waals surface area (Å²) in [5, 5.41) is 47.2. The molecule has 11 heteroatoms. The number of hydrogen-bond acceptors (Lipinski definition) is 8. The summed E-state index contributed by atoms with van der Waals surface area (Å²) in [7, 11) is 0. The molecule has 1 aromatic heterocycles. The van der Waals surface area contributed by atoms with Crippen LogP contribution in [0.2, 0.25) is 5.02 Å². The van der Waals surface area contributed by atoms with Crippen molar-refractivity contribution in [2.45, 2.75) is 13.5 Å². The minimum absolute atomic E-state index is 0.0598. The van der Waals surface area contributed by atoms with Crippen LogP contribution in [0.4, 0.5) is 17.1 Å². The van der Waals surface area contributed by atoms with Crippen LogP contribution in [0.5, 0.6) is 5.88 Å². The monoisotopic (exact) mass is 377 g/mol. The number of pyridine rings is 1.